The van der Waals surface area contributed by atoms with Gasteiger partial charge >= 0.3 is 0 Å². The molecule has 1 saturated heterocycles. The Morgan fingerprint density at radius 1 is 1.53 bits per heavy atom. The van der Waals surface area contributed by atoms with Gasteiger partial charge in [-0.3, -0.25) is 15.0 Å². The van der Waals surface area contributed by atoms with Gasteiger partial charge < -0.3 is 5.73 Å². The van der Waals surface area contributed by atoms with Gasteiger partial charge in [-0.1, -0.05) is 19.9 Å². The smallest absolute Gasteiger partial charge is 0.292 e. The molecule has 1 aliphatic heterocycles. The number of nitro groups is 1. The van der Waals surface area contributed by atoms with Crippen molar-refractivity contribution in [2.45, 2.75) is 39.3 Å². The van der Waals surface area contributed by atoms with Crippen LogP contribution in [-0.2, 0) is 6.54 Å². The molecule has 1 aromatic carbocycles. The lowest BCUT2D eigenvalue weighted by Crippen LogP contribution is -2.32. The Kier molecular flexibility index (Phi) is 4.04. The second-order valence-electron chi connectivity index (χ2n) is 5.57. The minimum absolute atomic E-state index is 0.0118. The molecule has 0 amide bonds. The lowest BCUT2D eigenvalue weighted by atomic mass is 10.0. The van der Waals surface area contributed by atoms with Crippen LogP contribution >= 0.6 is 0 Å². The van der Waals surface area contributed by atoms with E-state index in [-0.39, 0.29) is 11.4 Å². The second-order valence-corrected chi connectivity index (χ2v) is 5.57. The fraction of sp³-hybridized carbons (Fsp3) is 0.571. The molecule has 1 heterocycles. The zero-order valence-corrected chi connectivity index (χ0v) is 11.5. The Hall–Kier alpha value is -1.62. The number of nitro benzene ring substituents is 1. The van der Waals surface area contributed by atoms with Crippen LogP contribution in [0.4, 0.5) is 11.4 Å². The maximum atomic E-state index is 10.9. The van der Waals surface area contributed by atoms with Crippen molar-refractivity contribution in [1.82, 2.24) is 4.90 Å². The van der Waals surface area contributed by atoms with Crippen molar-refractivity contribution in [1.29, 1.82) is 0 Å². The molecule has 1 unspecified atom stereocenters. The van der Waals surface area contributed by atoms with Crippen LogP contribution in [0.2, 0.25) is 0 Å². The van der Waals surface area contributed by atoms with Crippen LogP contribution in [0.25, 0.3) is 0 Å². The maximum Gasteiger partial charge on any atom is 0.292 e. The van der Waals surface area contributed by atoms with Crippen molar-refractivity contribution in [3.05, 3.63) is 33.9 Å². The number of hydrogen-bond donors (Lipinski definition) is 1. The highest BCUT2D eigenvalue weighted by molar-refractivity contribution is 5.59. The molecule has 0 aliphatic carbocycles. The molecule has 1 fully saturated rings. The lowest BCUT2D eigenvalue weighted by Gasteiger charge is -2.27. The number of likely N-dealkylation sites (tertiary alicyclic amines) is 1. The van der Waals surface area contributed by atoms with Crippen LogP contribution in [0, 0.1) is 16.0 Å². The largest absolute Gasteiger partial charge is 0.393 e. The van der Waals surface area contributed by atoms with E-state index in [2.05, 4.69) is 18.7 Å². The van der Waals surface area contributed by atoms with Gasteiger partial charge in [0.05, 0.1) is 4.92 Å². The first-order valence-electron chi connectivity index (χ1n) is 6.76. The summed E-state index contributed by atoms with van der Waals surface area (Å²) >= 11 is 0. The van der Waals surface area contributed by atoms with Crippen LogP contribution < -0.4 is 5.73 Å². The van der Waals surface area contributed by atoms with Crippen molar-refractivity contribution in [2.24, 2.45) is 5.92 Å². The number of nitrogen functional groups attached to an aromatic ring is 1. The highest BCUT2D eigenvalue weighted by Crippen LogP contribution is 2.28. The van der Waals surface area contributed by atoms with Gasteiger partial charge in [-0.15, -0.1) is 0 Å². The number of hydrogen-bond acceptors (Lipinski definition) is 4. The van der Waals surface area contributed by atoms with E-state index in [1.165, 1.54) is 12.8 Å². The molecule has 0 saturated carbocycles. The summed E-state index contributed by atoms with van der Waals surface area (Å²) in [5.41, 5.74) is 6.83. The van der Waals surface area contributed by atoms with Crippen molar-refractivity contribution in [3.63, 3.8) is 0 Å². The van der Waals surface area contributed by atoms with Crippen LogP contribution in [0.3, 0.4) is 0 Å². The standard InChI is InChI=1S/C14H21N3O2/c1-10(2)13-4-3-7-16(13)9-11-5-6-12(15)14(8-11)17(18)19/h5-6,8,10,13H,3-4,7,9,15H2,1-2H3. The first-order valence-corrected chi connectivity index (χ1v) is 6.76. The van der Waals surface area contributed by atoms with Crippen molar-refractivity contribution in [2.75, 3.05) is 12.3 Å². The topological polar surface area (TPSA) is 72.4 Å². The molecule has 104 valence electrons. The highest BCUT2D eigenvalue weighted by atomic mass is 16.6. The molecule has 19 heavy (non-hydrogen) atoms. The van der Waals surface area contributed by atoms with E-state index in [0.717, 1.165) is 18.7 Å². The predicted octanol–water partition coefficient (Wildman–Crippen LogP) is 2.80. The number of rotatable bonds is 4. The van der Waals surface area contributed by atoms with Gasteiger partial charge in [0.1, 0.15) is 5.69 Å². The summed E-state index contributed by atoms with van der Waals surface area (Å²) in [5.74, 6) is 0.617. The predicted molar refractivity (Wildman–Crippen MR) is 75.8 cm³/mol. The summed E-state index contributed by atoms with van der Waals surface area (Å²) in [6.07, 6.45) is 2.43. The van der Waals surface area contributed by atoms with E-state index in [0.29, 0.717) is 12.0 Å². The molecule has 1 atom stereocenters. The molecule has 5 nitrogen and oxygen atoms in total. The first-order chi connectivity index (χ1) is 8.99. The average molecular weight is 263 g/mol. The van der Waals surface area contributed by atoms with E-state index in [4.69, 9.17) is 5.73 Å². The molecule has 5 heteroatoms. The molecule has 1 aliphatic rings. The van der Waals surface area contributed by atoms with E-state index < -0.39 is 4.92 Å². The van der Waals surface area contributed by atoms with Crippen molar-refractivity contribution in [3.8, 4) is 0 Å². The Balaban J connectivity index is 2.15. The quantitative estimate of drug-likeness (QED) is 0.515. The fourth-order valence-corrected chi connectivity index (χ4v) is 2.88. The zero-order valence-electron chi connectivity index (χ0n) is 11.5. The third kappa shape index (κ3) is 3.04. The monoisotopic (exact) mass is 263 g/mol. The van der Waals surface area contributed by atoms with E-state index in [9.17, 15) is 10.1 Å². The average Bonchev–Trinajstić information content (AvgIpc) is 2.79. The molecular formula is C14H21N3O2. The molecule has 0 spiro atoms. The maximum absolute atomic E-state index is 10.9. The molecule has 2 rings (SSSR count). The SMILES string of the molecule is CC(C)C1CCCN1Cc1ccc(N)c([N+](=O)[O-])c1. The van der Waals surface area contributed by atoms with Gasteiger partial charge in [0.15, 0.2) is 0 Å². The lowest BCUT2D eigenvalue weighted by molar-refractivity contribution is -0.384. The third-order valence-corrected chi connectivity index (χ3v) is 3.86. The van der Waals surface area contributed by atoms with E-state index in [1.807, 2.05) is 6.07 Å². The van der Waals surface area contributed by atoms with E-state index >= 15 is 0 Å². The number of nitrogens with two attached hydrogens (primary N) is 1. The van der Waals surface area contributed by atoms with Gasteiger partial charge in [-0.05, 0) is 36.9 Å². The first kappa shape index (κ1) is 13.8. The number of nitrogens with zero attached hydrogens (tertiary/aromatic N) is 2. The summed E-state index contributed by atoms with van der Waals surface area (Å²) in [6, 6.07) is 5.70. The fourth-order valence-electron chi connectivity index (χ4n) is 2.88. The van der Waals surface area contributed by atoms with Gasteiger partial charge in [0, 0.05) is 18.7 Å². The molecular weight excluding hydrogens is 242 g/mol. The highest BCUT2D eigenvalue weighted by Gasteiger charge is 2.27. The van der Waals surface area contributed by atoms with Gasteiger partial charge in [0.2, 0.25) is 0 Å². The molecule has 1 aromatic rings. The van der Waals surface area contributed by atoms with Gasteiger partial charge in [-0.2, -0.15) is 0 Å². The van der Waals surface area contributed by atoms with Crippen molar-refractivity contribution >= 4 is 11.4 Å². The van der Waals surface area contributed by atoms with Crippen molar-refractivity contribution < 1.29 is 4.92 Å². The Morgan fingerprint density at radius 2 is 2.26 bits per heavy atom. The molecule has 2 N–H and O–H groups in total. The minimum atomic E-state index is -0.414. The van der Waals surface area contributed by atoms with Crippen LogP contribution in [0.5, 0.6) is 0 Å². The Labute approximate surface area is 113 Å². The Morgan fingerprint density at radius 3 is 2.89 bits per heavy atom. The molecule has 0 bridgehead atoms. The zero-order chi connectivity index (χ0) is 14.0. The van der Waals surface area contributed by atoms with Crippen LogP contribution in [0.1, 0.15) is 32.3 Å². The summed E-state index contributed by atoms with van der Waals surface area (Å²) in [5, 5.41) is 10.9. The molecule has 0 radical (unpaired) electrons. The number of anilines is 1. The van der Waals surface area contributed by atoms with Crippen LogP contribution in [0.15, 0.2) is 18.2 Å². The van der Waals surface area contributed by atoms with Crippen LogP contribution in [-0.4, -0.2) is 22.4 Å². The summed E-state index contributed by atoms with van der Waals surface area (Å²) < 4.78 is 0. The second kappa shape index (κ2) is 5.57. The summed E-state index contributed by atoms with van der Waals surface area (Å²) in [6.45, 7) is 6.30. The minimum Gasteiger partial charge on any atom is -0.393 e. The normalized spacial score (nSPS) is 20.1. The van der Waals surface area contributed by atoms with E-state index in [1.54, 1.807) is 12.1 Å². The summed E-state index contributed by atoms with van der Waals surface area (Å²) in [4.78, 5) is 12.9. The Bertz CT molecular complexity index is 474. The van der Waals surface area contributed by atoms with Gasteiger partial charge in [0.25, 0.3) is 5.69 Å². The van der Waals surface area contributed by atoms with Gasteiger partial charge in [-0.25, -0.2) is 0 Å². The third-order valence-electron chi connectivity index (χ3n) is 3.86. The summed E-state index contributed by atoms with van der Waals surface area (Å²) in [7, 11) is 0. The molecule has 0 aromatic heterocycles. The number of benzene rings is 1.